The molecule has 0 aliphatic carbocycles. The Morgan fingerprint density at radius 2 is 2.22 bits per heavy atom. The van der Waals surface area contributed by atoms with E-state index in [1.165, 1.54) is 0 Å². The number of nitrogens with zero attached hydrogens (tertiary/aromatic N) is 2. The first-order valence-corrected chi connectivity index (χ1v) is 6.38. The van der Waals surface area contributed by atoms with Gasteiger partial charge in [-0.05, 0) is 41.1 Å². The Morgan fingerprint density at radius 3 is 2.78 bits per heavy atom. The molecule has 94 valence electrons. The maximum absolute atomic E-state index is 11.6. The van der Waals surface area contributed by atoms with E-state index in [1.807, 2.05) is 31.4 Å². The molecule has 2 rings (SSSR count). The fourth-order valence-electron chi connectivity index (χ4n) is 1.62. The van der Waals surface area contributed by atoms with Gasteiger partial charge in [-0.1, -0.05) is 6.07 Å². The van der Waals surface area contributed by atoms with Gasteiger partial charge in [0, 0.05) is 23.3 Å². The fourth-order valence-corrected chi connectivity index (χ4v) is 2.16. The van der Waals surface area contributed by atoms with Gasteiger partial charge < -0.3 is 4.74 Å². The van der Waals surface area contributed by atoms with Crippen molar-refractivity contribution in [2.45, 2.75) is 6.92 Å². The Balaban J connectivity index is 2.33. The van der Waals surface area contributed by atoms with Crippen molar-refractivity contribution in [3.05, 3.63) is 40.5 Å². The monoisotopic (exact) mass is 308 g/mol. The van der Waals surface area contributed by atoms with Crippen LogP contribution in [0.5, 0.6) is 0 Å². The van der Waals surface area contributed by atoms with Crippen molar-refractivity contribution in [2.24, 2.45) is 7.05 Å². The number of rotatable bonds is 3. The minimum absolute atomic E-state index is 0.322. The van der Waals surface area contributed by atoms with Gasteiger partial charge in [0.05, 0.1) is 17.9 Å². The lowest BCUT2D eigenvalue weighted by Crippen LogP contribution is -2.05. The highest BCUT2D eigenvalue weighted by Crippen LogP contribution is 2.25. The standard InChI is InChI=1S/C13H13BrN2O2/c1-3-18-13(17)10-5-4-9(8-11(10)14)12-6-7-16(2)15-12/h4-8H,3H2,1-2H3. The lowest BCUT2D eigenvalue weighted by atomic mass is 10.1. The van der Waals surface area contributed by atoms with Crippen LogP contribution in [0.1, 0.15) is 17.3 Å². The van der Waals surface area contributed by atoms with Crippen molar-refractivity contribution >= 4 is 21.9 Å². The summed E-state index contributed by atoms with van der Waals surface area (Å²) in [6.45, 7) is 2.15. The zero-order valence-electron chi connectivity index (χ0n) is 10.2. The first kappa shape index (κ1) is 12.8. The SMILES string of the molecule is CCOC(=O)c1ccc(-c2ccn(C)n2)cc1Br. The fraction of sp³-hybridized carbons (Fsp3) is 0.231. The summed E-state index contributed by atoms with van der Waals surface area (Å²) in [6.07, 6.45) is 1.88. The van der Waals surface area contributed by atoms with Gasteiger partial charge in [0.2, 0.25) is 0 Å². The Kier molecular flexibility index (Phi) is 3.81. The molecule has 1 heterocycles. The summed E-state index contributed by atoms with van der Waals surface area (Å²) < 4.78 is 7.42. The molecule has 0 spiro atoms. The van der Waals surface area contributed by atoms with Crippen molar-refractivity contribution in [3.8, 4) is 11.3 Å². The average Bonchev–Trinajstić information content (AvgIpc) is 2.76. The molecule has 0 bridgehead atoms. The number of carbonyl (C=O) groups is 1. The molecular weight excluding hydrogens is 296 g/mol. The first-order valence-electron chi connectivity index (χ1n) is 5.58. The van der Waals surface area contributed by atoms with Gasteiger partial charge >= 0.3 is 5.97 Å². The van der Waals surface area contributed by atoms with Crippen LogP contribution in [0.4, 0.5) is 0 Å². The van der Waals surface area contributed by atoms with Crippen LogP contribution in [0.2, 0.25) is 0 Å². The van der Waals surface area contributed by atoms with Crippen LogP contribution < -0.4 is 0 Å². The average molecular weight is 309 g/mol. The number of aromatic nitrogens is 2. The molecule has 0 radical (unpaired) electrons. The number of ether oxygens (including phenoxy) is 1. The molecule has 0 saturated heterocycles. The predicted octanol–water partition coefficient (Wildman–Crippen LogP) is 3.03. The van der Waals surface area contributed by atoms with E-state index in [-0.39, 0.29) is 5.97 Å². The molecular formula is C13H13BrN2O2. The van der Waals surface area contributed by atoms with Gasteiger partial charge in [-0.3, -0.25) is 4.68 Å². The van der Waals surface area contributed by atoms with Crippen molar-refractivity contribution in [1.29, 1.82) is 0 Å². The summed E-state index contributed by atoms with van der Waals surface area (Å²) in [6, 6.07) is 7.39. The second kappa shape index (κ2) is 5.35. The zero-order chi connectivity index (χ0) is 13.1. The van der Waals surface area contributed by atoms with E-state index >= 15 is 0 Å². The summed E-state index contributed by atoms with van der Waals surface area (Å²) >= 11 is 3.39. The van der Waals surface area contributed by atoms with Gasteiger partial charge in [-0.15, -0.1) is 0 Å². The van der Waals surface area contributed by atoms with E-state index in [0.717, 1.165) is 11.3 Å². The molecule has 4 nitrogen and oxygen atoms in total. The van der Waals surface area contributed by atoms with Crippen molar-refractivity contribution in [2.75, 3.05) is 6.61 Å². The summed E-state index contributed by atoms with van der Waals surface area (Å²) in [5.74, 6) is -0.322. The van der Waals surface area contributed by atoms with Crippen LogP contribution in [-0.2, 0) is 11.8 Å². The molecule has 0 amide bonds. The molecule has 0 aliphatic rings. The highest BCUT2D eigenvalue weighted by molar-refractivity contribution is 9.10. The molecule has 0 N–H and O–H groups in total. The number of esters is 1. The Bertz CT molecular complexity index is 578. The molecule has 0 fully saturated rings. The summed E-state index contributed by atoms with van der Waals surface area (Å²) in [4.78, 5) is 11.6. The van der Waals surface area contributed by atoms with Crippen LogP contribution in [0.25, 0.3) is 11.3 Å². The lowest BCUT2D eigenvalue weighted by Gasteiger charge is -2.05. The number of hydrogen-bond donors (Lipinski definition) is 0. The van der Waals surface area contributed by atoms with Gasteiger partial charge in [0.15, 0.2) is 0 Å². The number of halogens is 1. The van der Waals surface area contributed by atoms with Crippen LogP contribution in [0, 0.1) is 0 Å². The van der Waals surface area contributed by atoms with Gasteiger partial charge in [0.25, 0.3) is 0 Å². The largest absolute Gasteiger partial charge is 0.462 e. The maximum atomic E-state index is 11.6. The lowest BCUT2D eigenvalue weighted by molar-refractivity contribution is 0.0525. The zero-order valence-corrected chi connectivity index (χ0v) is 11.8. The van der Waals surface area contributed by atoms with E-state index in [1.54, 1.807) is 17.7 Å². The number of carbonyl (C=O) groups excluding carboxylic acids is 1. The minimum atomic E-state index is -0.322. The van der Waals surface area contributed by atoms with Crippen molar-refractivity contribution in [1.82, 2.24) is 9.78 Å². The molecule has 0 saturated carbocycles. The molecule has 18 heavy (non-hydrogen) atoms. The molecule has 0 unspecified atom stereocenters. The van der Waals surface area contributed by atoms with Crippen LogP contribution in [0.3, 0.4) is 0 Å². The van der Waals surface area contributed by atoms with E-state index in [2.05, 4.69) is 21.0 Å². The Labute approximate surface area is 114 Å². The quantitative estimate of drug-likeness (QED) is 0.819. The second-order valence-electron chi connectivity index (χ2n) is 3.79. The minimum Gasteiger partial charge on any atom is -0.462 e. The predicted molar refractivity (Wildman–Crippen MR) is 72.3 cm³/mol. The van der Waals surface area contributed by atoms with E-state index in [4.69, 9.17) is 4.74 Å². The maximum Gasteiger partial charge on any atom is 0.339 e. The third-order valence-corrected chi connectivity index (χ3v) is 3.13. The number of hydrogen-bond acceptors (Lipinski definition) is 3. The third kappa shape index (κ3) is 2.61. The summed E-state index contributed by atoms with van der Waals surface area (Å²) in [5.41, 5.74) is 2.35. The number of aryl methyl sites for hydroxylation is 1. The van der Waals surface area contributed by atoms with Crippen molar-refractivity contribution < 1.29 is 9.53 Å². The molecule has 1 aromatic heterocycles. The highest BCUT2D eigenvalue weighted by atomic mass is 79.9. The normalized spacial score (nSPS) is 10.4. The van der Waals surface area contributed by atoms with E-state index in [9.17, 15) is 4.79 Å². The van der Waals surface area contributed by atoms with Crippen LogP contribution in [0.15, 0.2) is 34.9 Å². The molecule has 2 aromatic rings. The summed E-state index contributed by atoms with van der Waals surface area (Å²) in [5, 5.41) is 4.31. The molecule has 0 atom stereocenters. The molecule has 5 heteroatoms. The van der Waals surface area contributed by atoms with Crippen LogP contribution >= 0.6 is 15.9 Å². The second-order valence-corrected chi connectivity index (χ2v) is 4.64. The smallest absolute Gasteiger partial charge is 0.339 e. The Hall–Kier alpha value is -1.62. The van der Waals surface area contributed by atoms with Gasteiger partial charge in [0.1, 0.15) is 0 Å². The third-order valence-electron chi connectivity index (χ3n) is 2.47. The topological polar surface area (TPSA) is 44.1 Å². The van der Waals surface area contributed by atoms with Gasteiger partial charge in [-0.25, -0.2) is 4.79 Å². The molecule has 0 aliphatic heterocycles. The highest BCUT2D eigenvalue weighted by Gasteiger charge is 2.12. The summed E-state index contributed by atoms with van der Waals surface area (Å²) in [7, 11) is 1.87. The van der Waals surface area contributed by atoms with Crippen LogP contribution in [-0.4, -0.2) is 22.4 Å². The van der Waals surface area contributed by atoms with E-state index in [0.29, 0.717) is 16.6 Å². The van der Waals surface area contributed by atoms with Crippen molar-refractivity contribution in [3.63, 3.8) is 0 Å². The molecule has 1 aromatic carbocycles. The number of benzene rings is 1. The first-order chi connectivity index (χ1) is 8.61. The van der Waals surface area contributed by atoms with E-state index < -0.39 is 0 Å². The Morgan fingerprint density at radius 1 is 1.44 bits per heavy atom. The van der Waals surface area contributed by atoms with Gasteiger partial charge in [-0.2, -0.15) is 5.10 Å².